The van der Waals surface area contributed by atoms with Crippen LogP contribution in [0.1, 0.15) is 18.4 Å². The zero-order valence-corrected chi connectivity index (χ0v) is 8.24. The van der Waals surface area contributed by atoms with Crippen molar-refractivity contribution in [2.75, 3.05) is 0 Å². The molecule has 1 fully saturated rings. The topological polar surface area (TPSA) is 20.2 Å². The highest BCUT2D eigenvalue weighted by Crippen LogP contribution is 2.47. The third kappa shape index (κ3) is 1.48. The minimum absolute atomic E-state index is 0.0550. The Morgan fingerprint density at radius 3 is 2.46 bits per heavy atom. The second kappa shape index (κ2) is 2.75. The molecule has 2 rings (SSSR count). The maximum Gasteiger partial charge on any atom is 0.164 e. The van der Waals surface area contributed by atoms with Crippen molar-refractivity contribution in [3.05, 3.63) is 33.8 Å². The van der Waals surface area contributed by atoms with Gasteiger partial charge in [-0.3, -0.25) is 0 Å². The smallest absolute Gasteiger partial charge is 0.164 e. The van der Waals surface area contributed by atoms with Crippen LogP contribution in [0.3, 0.4) is 0 Å². The Kier molecular flexibility index (Phi) is 1.92. The molecule has 0 bridgehead atoms. The lowest BCUT2D eigenvalue weighted by Crippen LogP contribution is -2.08. The van der Waals surface area contributed by atoms with Gasteiger partial charge in [0.2, 0.25) is 0 Å². The van der Waals surface area contributed by atoms with Gasteiger partial charge in [-0.1, -0.05) is 15.9 Å². The number of hydrogen-bond donors (Lipinski definition) is 1. The van der Waals surface area contributed by atoms with Crippen LogP contribution >= 0.6 is 15.9 Å². The molecule has 4 heteroatoms. The Hall–Kier alpha value is -0.480. The molecular weight excluding hydrogens is 242 g/mol. The third-order valence-corrected chi connectivity index (χ3v) is 2.68. The molecule has 0 saturated heterocycles. The van der Waals surface area contributed by atoms with Crippen molar-refractivity contribution in [2.45, 2.75) is 18.4 Å². The highest BCUT2D eigenvalue weighted by Gasteiger charge is 2.44. The first-order valence-electron chi connectivity index (χ1n) is 3.90. The molecule has 1 aliphatic carbocycles. The summed E-state index contributed by atoms with van der Waals surface area (Å²) in [5.41, 5.74) is -1.08. The molecule has 0 unspecified atom stereocenters. The van der Waals surface area contributed by atoms with Gasteiger partial charge in [0.15, 0.2) is 11.6 Å². The molecule has 1 aromatic carbocycles. The lowest BCUT2D eigenvalue weighted by molar-refractivity contribution is 0.145. The maximum atomic E-state index is 13.2. The van der Waals surface area contributed by atoms with E-state index < -0.39 is 17.2 Å². The molecule has 0 aromatic heterocycles. The standard InChI is InChI=1S/C9H7BrF2O/c10-5-3-6(9(13)1-2-9)8(12)7(11)4-5/h3-4,13H,1-2H2. The first-order valence-corrected chi connectivity index (χ1v) is 4.70. The van der Waals surface area contributed by atoms with E-state index in [0.29, 0.717) is 17.3 Å². The van der Waals surface area contributed by atoms with Gasteiger partial charge in [-0.2, -0.15) is 0 Å². The predicted molar refractivity (Wildman–Crippen MR) is 47.2 cm³/mol. The summed E-state index contributed by atoms with van der Waals surface area (Å²) in [6, 6.07) is 2.47. The first-order chi connectivity index (χ1) is 6.03. The second-order valence-electron chi connectivity index (χ2n) is 3.28. The van der Waals surface area contributed by atoms with E-state index in [9.17, 15) is 13.9 Å². The van der Waals surface area contributed by atoms with Crippen LogP contribution in [-0.4, -0.2) is 5.11 Å². The molecule has 1 saturated carbocycles. The average molecular weight is 249 g/mol. The van der Waals surface area contributed by atoms with Crippen LogP contribution in [0.5, 0.6) is 0 Å². The van der Waals surface area contributed by atoms with Crippen molar-refractivity contribution in [2.24, 2.45) is 0 Å². The number of halogens is 3. The molecule has 0 heterocycles. The second-order valence-corrected chi connectivity index (χ2v) is 4.20. The van der Waals surface area contributed by atoms with E-state index in [0.717, 1.165) is 6.07 Å². The Labute approximate surface area is 82.5 Å². The lowest BCUT2D eigenvalue weighted by atomic mass is 10.1. The fourth-order valence-electron chi connectivity index (χ4n) is 1.28. The van der Waals surface area contributed by atoms with Gasteiger partial charge in [-0.15, -0.1) is 0 Å². The fraction of sp³-hybridized carbons (Fsp3) is 0.333. The van der Waals surface area contributed by atoms with Gasteiger partial charge >= 0.3 is 0 Å². The van der Waals surface area contributed by atoms with Gasteiger partial charge in [0.1, 0.15) is 0 Å². The highest BCUT2D eigenvalue weighted by atomic mass is 79.9. The summed E-state index contributed by atoms with van der Waals surface area (Å²) in [6.07, 6.45) is 1.000. The molecule has 13 heavy (non-hydrogen) atoms. The lowest BCUT2D eigenvalue weighted by Gasteiger charge is -2.10. The molecule has 1 nitrogen and oxygen atoms in total. The summed E-state index contributed by atoms with van der Waals surface area (Å²) in [5, 5.41) is 9.60. The van der Waals surface area contributed by atoms with E-state index >= 15 is 0 Å². The largest absolute Gasteiger partial charge is 0.385 e. The van der Waals surface area contributed by atoms with Crippen molar-refractivity contribution >= 4 is 15.9 Å². The molecule has 0 atom stereocenters. The summed E-state index contributed by atoms with van der Waals surface area (Å²) in [6.45, 7) is 0. The fourth-order valence-corrected chi connectivity index (χ4v) is 1.71. The van der Waals surface area contributed by atoms with Crippen molar-refractivity contribution in [3.8, 4) is 0 Å². The Morgan fingerprint density at radius 1 is 1.31 bits per heavy atom. The van der Waals surface area contributed by atoms with Crippen molar-refractivity contribution < 1.29 is 13.9 Å². The summed E-state index contributed by atoms with van der Waals surface area (Å²) < 4.78 is 26.5. The van der Waals surface area contributed by atoms with E-state index in [4.69, 9.17) is 0 Å². The third-order valence-electron chi connectivity index (χ3n) is 2.22. The van der Waals surface area contributed by atoms with Crippen LogP contribution in [0, 0.1) is 11.6 Å². The van der Waals surface area contributed by atoms with Gasteiger partial charge in [0, 0.05) is 10.0 Å². The molecule has 0 amide bonds. The minimum Gasteiger partial charge on any atom is -0.385 e. The zero-order valence-electron chi connectivity index (χ0n) is 6.65. The predicted octanol–water partition coefficient (Wildman–Crippen LogP) is 2.71. The Morgan fingerprint density at radius 2 is 1.92 bits per heavy atom. The van der Waals surface area contributed by atoms with E-state index in [-0.39, 0.29) is 5.56 Å². The number of aliphatic hydroxyl groups is 1. The number of hydrogen-bond acceptors (Lipinski definition) is 1. The summed E-state index contributed by atoms with van der Waals surface area (Å²) in [5.74, 6) is -1.87. The molecule has 1 N–H and O–H groups in total. The number of rotatable bonds is 1. The van der Waals surface area contributed by atoms with Gasteiger partial charge in [-0.25, -0.2) is 8.78 Å². The van der Waals surface area contributed by atoms with Crippen LogP contribution in [0.15, 0.2) is 16.6 Å². The Bertz CT molecular complexity index is 361. The average Bonchev–Trinajstić information content (AvgIpc) is 2.77. The van der Waals surface area contributed by atoms with Gasteiger partial charge < -0.3 is 5.11 Å². The van der Waals surface area contributed by atoms with Gasteiger partial charge in [0.05, 0.1) is 5.60 Å². The molecular formula is C9H7BrF2O. The van der Waals surface area contributed by atoms with Crippen molar-refractivity contribution in [3.63, 3.8) is 0 Å². The van der Waals surface area contributed by atoms with E-state index in [2.05, 4.69) is 15.9 Å². The van der Waals surface area contributed by atoms with E-state index in [1.165, 1.54) is 6.07 Å². The van der Waals surface area contributed by atoms with Crippen LogP contribution in [0.4, 0.5) is 8.78 Å². The Balaban J connectivity index is 2.56. The molecule has 1 aliphatic rings. The number of benzene rings is 1. The van der Waals surface area contributed by atoms with Gasteiger partial charge in [-0.05, 0) is 25.0 Å². The normalized spacial score (nSPS) is 18.8. The first kappa shape index (κ1) is 9.09. The van der Waals surface area contributed by atoms with Crippen LogP contribution in [-0.2, 0) is 5.60 Å². The summed E-state index contributed by atoms with van der Waals surface area (Å²) in [4.78, 5) is 0. The molecule has 0 spiro atoms. The monoisotopic (exact) mass is 248 g/mol. The highest BCUT2D eigenvalue weighted by molar-refractivity contribution is 9.10. The minimum atomic E-state index is -1.13. The molecule has 0 aliphatic heterocycles. The van der Waals surface area contributed by atoms with E-state index in [1.807, 2.05) is 0 Å². The maximum absolute atomic E-state index is 13.2. The molecule has 0 radical (unpaired) electrons. The summed E-state index contributed by atoms with van der Waals surface area (Å²) in [7, 11) is 0. The van der Waals surface area contributed by atoms with Gasteiger partial charge in [0.25, 0.3) is 0 Å². The van der Waals surface area contributed by atoms with Crippen molar-refractivity contribution in [1.29, 1.82) is 0 Å². The van der Waals surface area contributed by atoms with Crippen LogP contribution in [0.2, 0.25) is 0 Å². The molecule has 70 valence electrons. The molecule has 1 aromatic rings. The quantitative estimate of drug-likeness (QED) is 0.758. The summed E-state index contributed by atoms with van der Waals surface area (Å²) >= 11 is 3.05. The SMILES string of the molecule is OC1(c2cc(Br)cc(F)c2F)CC1. The zero-order chi connectivity index (χ0) is 9.64. The van der Waals surface area contributed by atoms with E-state index in [1.54, 1.807) is 0 Å². The van der Waals surface area contributed by atoms with Crippen molar-refractivity contribution in [1.82, 2.24) is 0 Å². The van der Waals surface area contributed by atoms with Crippen LogP contribution in [0.25, 0.3) is 0 Å². The van der Waals surface area contributed by atoms with Crippen LogP contribution < -0.4 is 0 Å².